The van der Waals surface area contributed by atoms with Crippen LogP contribution in [0.1, 0.15) is 13.8 Å². The Bertz CT molecular complexity index is 139. The van der Waals surface area contributed by atoms with Crippen LogP contribution in [0.15, 0.2) is 30.3 Å². The summed E-state index contributed by atoms with van der Waals surface area (Å²) < 4.78 is 0. The van der Waals surface area contributed by atoms with Crippen molar-refractivity contribution in [2.24, 2.45) is 0 Å². The SMILES string of the molecule is CC.P.P.Pc1ccccc1. The zero-order valence-corrected chi connectivity index (χ0v) is 11.4. The van der Waals surface area contributed by atoms with Crippen LogP contribution in [0.2, 0.25) is 0 Å². The molecule has 0 saturated heterocycles. The second kappa shape index (κ2) is 13.1. The van der Waals surface area contributed by atoms with Crippen LogP contribution in [0.5, 0.6) is 0 Å². The van der Waals surface area contributed by atoms with Crippen LogP contribution in [0.3, 0.4) is 0 Å². The molecule has 3 unspecified atom stereocenters. The van der Waals surface area contributed by atoms with Crippen LogP contribution in [0, 0.1) is 0 Å². The third-order valence-corrected chi connectivity index (χ3v) is 1.18. The molecule has 0 aromatic heterocycles. The van der Waals surface area contributed by atoms with Crippen molar-refractivity contribution in [2.75, 3.05) is 0 Å². The molecular formula is C8H19P3. The molecule has 0 aliphatic rings. The van der Waals surface area contributed by atoms with E-state index < -0.39 is 0 Å². The van der Waals surface area contributed by atoms with Gasteiger partial charge in [0.05, 0.1) is 0 Å². The molecule has 0 radical (unpaired) electrons. The van der Waals surface area contributed by atoms with E-state index >= 15 is 0 Å². The van der Waals surface area contributed by atoms with Gasteiger partial charge in [0, 0.05) is 0 Å². The molecule has 3 heteroatoms. The Morgan fingerprint density at radius 3 is 1.45 bits per heavy atom. The number of hydrogen-bond donors (Lipinski definition) is 0. The minimum atomic E-state index is 0. The molecule has 0 saturated carbocycles. The lowest BCUT2D eigenvalue weighted by Crippen LogP contribution is -1.82. The summed E-state index contributed by atoms with van der Waals surface area (Å²) in [5.41, 5.74) is 0. The molecule has 0 aliphatic heterocycles. The molecule has 0 nitrogen and oxygen atoms in total. The maximum absolute atomic E-state index is 2.63. The third-order valence-electron chi connectivity index (χ3n) is 0.800. The first kappa shape index (κ1) is 17.6. The summed E-state index contributed by atoms with van der Waals surface area (Å²) in [6.45, 7) is 4.00. The molecule has 1 rings (SSSR count). The first-order valence-corrected chi connectivity index (χ1v) is 3.78. The Balaban J connectivity index is -0.000000149. The van der Waals surface area contributed by atoms with E-state index in [9.17, 15) is 0 Å². The highest BCUT2D eigenvalue weighted by Crippen LogP contribution is 1.86. The van der Waals surface area contributed by atoms with Crippen molar-refractivity contribution in [3.05, 3.63) is 30.3 Å². The van der Waals surface area contributed by atoms with Crippen LogP contribution in [-0.4, -0.2) is 0 Å². The molecule has 66 valence electrons. The maximum atomic E-state index is 2.63. The van der Waals surface area contributed by atoms with Crippen molar-refractivity contribution >= 4 is 34.3 Å². The molecule has 11 heavy (non-hydrogen) atoms. The maximum Gasteiger partial charge on any atom is -0.0303 e. The fraction of sp³-hybridized carbons (Fsp3) is 0.250. The smallest absolute Gasteiger partial charge is 0.0303 e. The molecule has 1 aromatic carbocycles. The lowest BCUT2D eigenvalue weighted by molar-refractivity contribution is 1.50. The van der Waals surface area contributed by atoms with Gasteiger partial charge >= 0.3 is 0 Å². The average molecular weight is 208 g/mol. The molecule has 0 N–H and O–H groups in total. The van der Waals surface area contributed by atoms with Crippen molar-refractivity contribution in [2.45, 2.75) is 13.8 Å². The van der Waals surface area contributed by atoms with E-state index in [0.717, 1.165) is 0 Å². The van der Waals surface area contributed by atoms with Gasteiger partial charge in [-0.1, -0.05) is 44.2 Å². The molecule has 1 aromatic rings. The van der Waals surface area contributed by atoms with Gasteiger partial charge in [-0.15, -0.1) is 9.24 Å². The minimum Gasteiger partial charge on any atom is -0.153 e. The largest absolute Gasteiger partial charge is 0.153 e. The van der Waals surface area contributed by atoms with Gasteiger partial charge in [0.2, 0.25) is 0 Å². The van der Waals surface area contributed by atoms with Crippen LogP contribution in [0.4, 0.5) is 0 Å². The summed E-state index contributed by atoms with van der Waals surface area (Å²) in [6.07, 6.45) is 0. The quantitative estimate of drug-likeness (QED) is 0.574. The first-order valence-electron chi connectivity index (χ1n) is 3.20. The van der Waals surface area contributed by atoms with Gasteiger partial charge in [-0.3, -0.25) is 0 Å². The van der Waals surface area contributed by atoms with Crippen LogP contribution in [0.25, 0.3) is 0 Å². The van der Waals surface area contributed by atoms with E-state index in [-0.39, 0.29) is 19.8 Å². The number of rotatable bonds is 0. The monoisotopic (exact) mass is 208 g/mol. The highest BCUT2D eigenvalue weighted by Gasteiger charge is 1.72. The summed E-state index contributed by atoms with van der Waals surface area (Å²) in [5.74, 6) is 0. The Labute approximate surface area is 79.0 Å². The van der Waals surface area contributed by atoms with Gasteiger partial charge in [0.25, 0.3) is 0 Å². The average Bonchev–Trinajstić information content (AvgIpc) is 1.94. The normalized spacial score (nSPS) is 6.09. The standard InChI is InChI=1S/C6H7P.C2H6.2H3P/c7-6-4-2-1-3-5-6;1-2;;/h1-5H,7H2;1-2H3;2*1H3. The Morgan fingerprint density at radius 1 is 0.909 bits per heavy atom. The number of benzene rings is 1. The van der Waals surface area contributed by atoms with Crippen LogP contribution >= 0.6 is 29.0 Å². The Morgan fingerprint density at radius 2 is 1.27 bits per heavy atom. The predicted molar refractivity (Wildman–Crippen MR) is 69.3 cm³/mol. The van der Waals surface area contributed by atoms with Crippen molar-refractivity contribution < 1.29 is 0 Å². The van der Waals surface area contributed by atoms with Gasteiger partial charge in [-0.25, -0.2) is 0 Å². The van der Waals surface area contributed by atoms with Crippen molar-refractivity contribution in [1.82, 2.24) is 0 Å². The molecule has 0 fully saturated rings. The van der Waals surface area contributed by atoms with E-state index in [1.54, 1.807) is 0 Å². The molecule has 0 amide bonds. The highest BCUT2D eigenvalue weighted by molar-refractivity contribution is 7.27. The van der Waals surface area contributed by atoms with E-state index in [1.807, 2.05) is 44.2 Å². The van der Waals surface area contributed by atoms with Gasteiger partial charge < -0.3 is 0 Å². The highest BCUT2D eigenvalue weighted by atomic mass is 31.0. The molecule has 0 aliphatic carbocycles. The van der Waals surface area contributed by atoms with Crippen LogP contribution in [-0.2, 0) is 0 Å². The molecule has 0 spiro atoms. The summed E-state index contributed by atoms with van der Waals surface area (Å²) >= 11 is 0. The zero-order valence-electron chi connectivity index (χ0n) is 7.38. The second-order valence-corrected chi connectivity index (χ2v) is 2.08. The van der Waals surface area contributed by atoms with E-state index in [1.165, 1.54) is 5.30 Å². The lowest BCUT2D eigenvalue weighted by atomic mass is 10.4. The first-order chi connectivity index (χ1) is 4.39. The van der Waals surface area contributed by atoms with Gasteiger partial charge in [0.15, 0.2) is 0 Å². The fourth-order valence-corrected chi connectivity index (χ4v) is 0.675. The topological polar surface area (TPSA) is 0 Å². The molecule has 0 bridgehead atoms. The summed E-state index contributed by atoms with van der Waals surface area (Å²) in [7, 11) is 2.63. The van der Waals surface area contributed by atoms with E-state index in [0.29, 0.717) is 0 Å². The van der Waals surface area contributed by atoms with Crippen LogP contribution < -0.4 is 5.30 Å². The zero-order chi connectivity index (χ0) is 7.11. The van der Waals surface area contributed by atoms with E-state index in [4.69, 9.17) is 0 Å². The summed E-state index contributed by atoms with van der Waals surface area (Å²) in [6, 6.07) is 10.1. The molecule has 3 atom stereocenters. The van der Waals surface area contributed by atoms with Gasteiger partial charge in [-0.05, 0) is 5.30 Å². The third kappa shape index (κ3) is 10.5. The van der Waals surface area contributed by atoms with Crippen molar-refractivity contribution in [3.8, 4) is 0 Å². The second-order valence-electron chi connectivity index (χ2n) is 1.41. The van der Waals surface area contributed by atoms with Crippen molar-refractivity contribution in [1.29, 1.82) is 0 Å². The predicted octanol–water partition coefficient (Wildman–Crippen LogP) is 2.33. The van der Waals surface area contributed by atoms with Crippen molar-refractivity contribution in [3.63, 3.8) is 0 Å². The Kier molecular flexibility index (Phi) is 20.9. The fourth-order valence-electron chi connectivity index (χ4n) is 0.453. The summed E-state index contributed by atoms with van der Waals surface area (Å²) in [4.78, 5) is 0. The molecular weight excluding hydrogens is 189 g/mol. The Hall–Kier alpha value is 0.510. The lowest BCUT2D eigenvalue weighted by Gasteiger charge is -1.82. The van der Waals surface area contributed by atoms with E-state index in [2.05, 4.69) is 9.24 Å². The van der Waals surface area contributed by atoms with Gasteiger partial charge in [-0.2, -0.15) is 19.8 Å². The number of hydrogen-bond acceptors (Lipinski definition) is 0. The van der Waals surface area contributed by atoms with Gasteiger partial charge in [0.1, 0.15) is 0 Å². The molecule has 0 heterocycles. The summed E-state index contributed by atoms with van der Waals surface area (Å²) in [5, 5.41) is 1.24. The minimum absolute atomic E-state index is 0.